The predicted molar refractivity (Wildman–Crippen MR) is 120 cm³/mol. The van der Waals surface area contributed by atoms with Gasteiger partial charge in [-0.2, -0.15) is 5.10 Å². The summed E-state index contributed by atoms with van der Waals surface area (Å²) in [5.41, 5.74) is 2.13. The number of aryl methyl sites for hydroxylation is 2. The average molecular weight is 462 g/mol. The number of halogens is 3. The summed E-state index contributed by atoms with van der Waals surface area (Å²) in [6.45, 7) is 4.57. The van der Waals surface area contributed by atoms with Gasteiger partial charge in [0.25, 0.3) is 0 Å². The Kier molecular flexibility index (Phi) is 6.06. The number of nitrogens with zero attached hydrogens (tertiary/aromatic N) is 2. The Morgan fingerprint density at radius 3 is 2.48 bits per heavy atom. The highest BCUT2D eigenvalue weighted by Gasteiger charge is 2.43. The van der Waals surface area contributed by atoms with E-state index >= 15 is 0 Å². The predicted octanol–water partition coefficient (Wildman–Crippen LogP) is 5.62. The maximum atomic E-state index is 14.9. The van der Waals surface area contributed by atoms with Crippen molar-refractivity contribution in [3.63, 3.8) is 0 Å². The summed E-state index contributed by atoms with van der Waals surface area (Å²) in [5, 5.41) is 8.12. The Hall–Kier alpha value is -2.41. The van der Waals surface area contributed by atoms with Crippen molar-refractivity contribution in [1.82, 2.24) is 9.78 Å². The van der Waals surface area contributed by atoms with Crippen LogP contribution >= 0.6 is 23.2 Å². The zero-order chi connectivity index (χ0) is 22.2. The highest BCUT2D eigenvalue weighted by Crippen LogP contribution is 2.40. The lowest BCUT2D eigenvalue weighted by Gasteiger charge is -2.36. The molecule has 1 amide bonds. The number of aromatic nitrogens is 2. The quantitative estimate of drug-likeness (QED) is 0.548. The van der Waals surface area contributed by atoms with Gasteiger partial charge >= 0.3 is 0 Å². The molecule has 1 aliphatic rings. The number of hydrogen-bond acceptors (Lipinski definition) is 3. The van der Waals surface area contributed by atoms with E-state index in [0.29, 0.717) is 53.0 Å². The molecule has 0 bridgehead atoms. The van der Waals surface area contributed by atoms with Crippen LogP contribution < -0.4 is 5.32 Å². The maximum Gasteiger partial charge on any atom is 0.235 e. The summed E-state index contributed by atoms with van der Waals surface area (Å²) in [6, 6.07) is 11.6. The number of nitrogens with one attached hydrogen (secondary N) is 1. The van der Waals surface area contributed by atoms with Crippen LogP contribution in [0, 0.1) is 19.7 Å². The van der Waals surface area contributed by atoms with Gasteiger partial charge in [-0.1, -0.05) is 29.3 Å². The van der Waals surface area contributed by atoms with Crippen LogP contribution in [0.5, 0.6) is 0 Å². The first-order valence-corrected chi connectivity index (χ1v) is 10.7. The highest BCUT2D eigenvalue weighted by molar-refractivity contribution is 6.35. The number of carbonyl (C=O) groups excluding carboxylic acids is 1. The number of hydrogen-bond donors (Lipinski definition) is 1. The first-order valence-electron chi connectivity index (χ1n) is 9.98. The fourth-order valence-electron chi connectivity index (χ4n) is 4.10. The number of benzene rings is 2. The van der Waals surface area contributed by atoms with Crippen molar-refractivity contribution >= 4 is 34.8 Å². The third-order valence-corrected chi connectivity index (χ3v) is 6.22. The van der Waals surface area contributed by atoms with Gasteiger partial charge in [0.2, 0.25) is 5.91 Å². The third-order valence-electron chi connectivity index (χ3n) is 5.67. The van der Waals surface area contributed by atoms with Crippen molar-refractivity contribution in [2.75, 3.05) is 18.5 Å². The van der Waals surface area contributed by atoms with Crippen molar-refractivity contribution in [2.45, 2.75) is 32.1 Å². The molecule has 0 saturated carbocycles. The van der Waals surface area contributed by atoms with Gasteiger partial charge in [-0.3, -0.25) is 4.79 Å². The summed E-state index contributed by atoms with van der Waals surface area (Å²) in [4.78, 5) is 13.5. The van der Waals surface area contributed by atoms with Crippen LogP contribution in [0.3, 0.4) is 0 Å². The lowest BCUT2D eigenvalue weighted by atomic mass is 9.73. The Morgan fingerprint density at radius 2 is 1.87 bits per heavy atom. The molecule has 0 aliphatic carbocycles. The zero-order valence-corrected chi connectivity index (χ0v) is 18.7. The summed E-state index contributed by atoms with van der Waals surface area (Å²) < 4.78 is 21.9. The molecule has 8 heteroatoms. The van der Waals surface area contributed by atoms with E-state index < -0.39 is 11.2 Å². The molecule has 0 unspecified atom stereocenters. The second kappa shape index (κ2) is 8.61. The Labute approximate surface area is 190 Å². The van der Waals surface area contributed by atoms with Gasteiger partial charge in [0.15, 0.2) is 5.82 Å². The molecule has 31 heavy (non-hydrogen) atoms. The van der Waals surface area contributed by atoms with Gasteiger partial charge in [-0.15, -0.1) is 0 Å². The van der Waals surface area contributed by atoms with Gasteiger partial charge in [-0.05, 0) is 68.7 Å². The zero-order valence-electron chi connectivity index (χ0n) is 17.2. The van der Waals surface area contributed by atoms with Crippen LogP contribution in [0.4, 0.5) is 10.1 Å². The summed E-state index contributed by atoms with van der Waals surface area (Å²) in [6.07, 6.45) is 0.930. The second-order valence-corrected chi connectivity index (χ2v) is 8.62. The monoisotopic (exact) mass is 461 g/mol. The Balaban J connectivity index is 1.65. The second-order valence-electron chi connectivity index (χ2n) is 7.78. The maximum absolute atomic E-state index is 14.9. The molecule has 3 aromatic rings. The summed E-state index contributed by atoms with van der Waals surface area (Å²) >= 11 is 12.5. The average Bonchev–Trinajstić information content (AvgIpc) is 3.06. The number of ether oxygens (including phenoxy) is 1. The lowest BCUT2D eigenvalue weighted by Crippen LogP contribution is -2.45. The lowest BCUT2D eigenvalue weighted by molar-refractivity contribution is -0.125. The number of carbonyl (C=O) groups is 1. The molecule has 1 aromatic heterocycles. The molecular weight excluding hydrogens is 440 g/mol. The first-order chi connectivity index (χ1) is 14.8. The molecular formula is C23H22Cl2FN3O2. The molecule has 1 fully saturated rings. The molecule has 0 atom stereocenters. The SMILES string of the molecule is Cc1cc(C)n(-c2ccc(NC(=O)C3(c4ccc(Cl)cc4Cl)CCOCC3)cc2F)n1. The molecule has 2 aromatic carbocycles. The molecule has 162 valence electrons. The third kappa shape index (κ3) is 4.20. The largest absolute Gasteiger partial charge is 0.381 e. The van der Waals surface area contributed by atoms with Gasteiger partial charge in [-0.25, -0.2) is 9.07 Å². The number of amides is 1. The van der Waals surface area contributed by atoms with Crippen molar-refractivity contribution < 1.29 is 13.9 Å². The van der Waals surface area contributed by atoms with E-state index in [1.165, 1.54) is 6.07 Å². The minimum atomic E-state index is -0.884. The Morgan fingerprint density at radius 1 is 1.13 bits per heavy atom. The van der Waals surface area contributed by atoms with Gasteiger partial charge in [0.05, 0.1) is 11.1 Å². The van der Waals surface area contributed by atoms with Gasteiger partial charge < -0.3 is 10.1 Å². The molecule has 5 nitrogen and oxygen atoms in total. The molecule has 1 aliphatic heterocycles. The fraction of sp³-hybridized carbons (Fsp3) is 0.304. The fourth-order valence-corrected chi connectivity index (χ4v) is 4.69. The van der Waals surface area contributed by atoms with Crippen LogP contribution in [0.1, 0.15) is 29.8 Å². The van der Waals surface area contributed by atoms with E-state index in [1.807, 2.05) is 19.9 Å². The van der Waals surface area contributed by atoms with Crippen LogP contribution in [-0.4, -0.2) is 28.9 Å². The van der Waals surface area contributed by atoms with Gasteiger partial charge in [0.1, 0.15) is 5.69 Å². The van der Waals surface area contributed by atoms with Crippen LogP contribution in [0.2, 0.25) is 10.0 Å². The van der Waals surface area contributed by atoms with Crippen molar-refractivity contribution in [2.24, 2.45) is 0 Å². The van der Waals surface area contributed by atoms with E-state index in [2.05, 4.69) is 10.4 Å². The number of rotatable bonds is 4. The standard InChI is InChI=1S/C23H22Cl2FN3O2/c1-14-11-15(2)29(28-14)21-6-4-17(13-20(21)26)27-22(30)23(7-9-31-10-8-23)18-5-3-16(24)12-19(18)25/h3-6,11-13H,7-10H2,1-2H3,(H,27,30). The minimum absolute atomic E-state index is 0.252. The van der Waals surface area contributed by atoms with Crippen LogP contribution in [0.15, 0.2) is 42.5 Å². The van der Waals surface area contributed by atoms with E-state index in [4.69, 9.17) is 27.9 Å². The first kappa shape index (κ1) is 21.8. The molecule has 4 rings (SSSR count). The van der Waals surface area contributed by atoms with E-state index in [9.17, 15) is 9.18 Å². The minimum Gasteiger partial charge on any atom is -0.381 e. The van der Waals surface area contributed by atoms with E-state index in [1.54, 1.807) is 35.0 Å². The van der Waals surface area contributed by atoms with Gasteiger partial charge in [0, 0.05) is 34.6 Å². The van der Waals surface area contributed by atoms with Crippen molar-refractivity contribution in [1.29, 1.82) is 0 Å². The molecule has 0 radical (unpaired) electrons. The van der Waals surface area contributed by atoms with Crippen LogP contribution in [0.25, 0.3) is 5.69 Å². The smallest absolute Gasteiger partial charge is 0.235 e. The molecule has 0 spiro atoms. The topological polar surface area (TPSA) is 56.2 Å². The Bertz CT molecular complexity index is 1140. The molecule has 1 N–H and O–H groups in total. The summed E-state index contributed by atoms with van der Waals surface area (Å²) in [5.74, 6) is -0.729. The van der Waals surface area contributed by atoms with E-state index in [0.717, 1.165) is 11.4 Å². The van der Waals surface area contributed by atoms with E-state index in [-0.39, 0.29) is 5.91 Å². The summed E-state index contributed by atoms with van der Waals surface area (Å²) in [7, 11) is 0. The van der Waals surface area contributed by atoms with Crippen molar-refractivity contribution in [3.05, 3.63) is 75.3 Å². The normalized spacial score (nSPS) is 15.6. The number of anilines is 1. The highest BCUT2D eigenvalue weighted by atomic mass is 35.5. The molecule has 1 saturated heterocycles. The van der Waals surface area contributed by atoms with Crippen LogP contribution in [-0.2, 0) is 14.9 Å². The van der Waals surface area contributed by atoms with Crippen molar-refractivity contribution in [3.8, 4) is 5.69 Å². The molecule has 2 heterocycles.